The van der Waals surface area contributed by atoms with Gasteiger partial charge >= 0.3 is 0 Å². The summed E-state index contributed by atoms with van der Waals surface area (Å²) in [6.45, 7) is 2.81. The summed E-state index contributed by atoms with van der Waals surface area (Å²) in [6.07, 6.45) is 0.141. The predicted molar refractivity (Wildman–Crippen MR) is 96.2 cm³/mol. The van der Waals surface area contributed by atoms with E-state index in [2.05, 4.69) is 48.3 Å². The van der Waals surface area contributed by atoms with Gasteiger partial charge in [0.05, 0.1) is 25.9 Å². The Morgan fingerprint density at radius 2 is 1.52 bits per heavy atom. The molecule has 0 spiro atoms. The quantitative estimate of drug-likeness (QED) is 0.810. The van der Waals surface area contributed by atoms with Crippen LogP contribution in [0.5, 0.6) is 0 Å². The molecule has 25 heavy (non-hydrogen) atoms. The molecule has 2 aliphatic rings. The van der Waals surface area contributed by atoms with Crippen molar-refractivity contribution in [2.45, 2.75) is 37.5 Å². The second-order valence-electron chi connectivity index (χ2n) is 6.90. The number of hydrogen-bond donors (Lipinski definition) is 0. The van der Waals surface area contributed by atoms with E-state index in [-0.39, 0.29) is 24.4 Å². The van der Waals surface area contributed by atoms with Crippen molar-refractivity contribution in [1.82, 2.24) is 4.90 Å². The molecule has 0 bridgehead atoms. The summed E-state index contributed by atoms with van der Waals surface area (Å²) in [5, 5.41) is 0. The SMILES string of the molecule is CN(Cc1ccccc1)C1COC2C(OCc3ccccc3)COC21. The van der Waals surface area contributed by atoms with E-state index in [9.17, 15) is 0 Å². The monoisotopic (exact) mass is 339 g/mol. The van der Waals surface area contributed by atoms with Crippen LogP contribution in [0.1, 0.15) is 11.1 Å². The van der Waals surface area contributed by atoms with E-state index in [0.29, 0.717) is 19.8 Å². The van der Waals surface area contributed by atoms with Gasteiger partial charge in [-0.3, -0.25) is 4.90 Å². The summed E-state index contributed by atoms with van der Waals surface area (Å²) < 4.78 is 18.2. The van der Waals surface area contributed by atoms with Crippen LogP contribution < -0.4 is 0 Å². The molecule has 2 aromatic rings. The van der Waals surface area contributed by atoms with Gasteiger partial charge in [0, 0.05) is 6.54 Å². The Labute approximate surface area is 149 Å². The van der Waals surface area contributed by atoms with Gasteiger partial charge in [-0.25, -0.2) is 0 Å². The number of hydrogen-bond acceptors (Lipinski definition) is 4. The molecule has 4 unspecified atom stereocenters. The summed E-state index contributed by atoms with van der Waals surface area (Å²) in [7, 11) is 2.14. The smallest absolute Gasteiger partial charge is 0.114 e. The van der Waals surface area contributed by atoms with Gasteiger partial charge in [-0.05, 0) is 18.2 Å². The van der Waals surface area contributed by atoms with E-state index >= 15 is 0 Å². The van der Waals surface area contributed by atoms with Crippen molar-refractivity contribution < 1.29 is 14.2 Å². The molecule has 0 N–H and O–H groups in total. The Kier molecular flexibility index (Phi) is 5.13. The van der Waals surface area contributed by atoms with E-state index in [0.717, 1.165) is 6.54 Å². The number of likely N-dealkylation sites (N-methyl/N-ethyl adjacent to an activating group) is 1. The van der Waals surface area contributed by atoms with Gasteiger partial charge in [-0.2, -0.15) is 0 Å². The van der Waals surface area contributed by atoms with Crippen molar-refractivity contribution in [1.29, 1.82) is 0 Å². The predicted octanol–water partition coefficient (Wildman–Crippen LogP) is 2.87. The molecule has 0 saturated carbocycles. The van der Waals surface area contributed by atoms with Gasteiger partial charge in [-0.15, -0.1) is 0 Å². The maximum Gasteiger partial charge on any atom is 0.114 e. The number of benzene rings is 2. The number of fused-ring (bicyclic) bond motifs is 1. The Bertz CT molecular complexity index is 663. The van der Waals surface area contributed by atoms with Crippen LogP contribution in [0, 0.1) is 0 Å². The summed E-state index contributed by atoms with van der Waals surface area (Å²) in [5.41, 5.74) is 2.49. The van der Waals surface area contributed by atoms with E-state index in [1.807, 2.05) is 24.3 Å². The number of ether oxygens (including phenoxy) is 3. The van der Waals surface area contributed by atoms with Crippen molar-refractivity contribution in [3.63, 3.8) is 0 Å². The lowest BCUT2D eigenvalue weighted by atomic mass is 10.1. The molecule has 0 aromatic heterocycles. The average Bonchev–Trinajstić information content (AvgIpc) is 3.24. The molecule has 0 aliphatic carbocycles. The van der Waals surface area contributed by atoms with Gasteiger partial charge in [0.2, 0.25) is 0 Å². The third-order valence-corrected chi connectivity index (χ3v) is 5.13. The fraction of sp³-hybridized carbons (Fsp3) is 0.429. The molecule has 4 heteroatoms. The van der Waals surface area contributed by atoms with Crippen LogP contribution in [0.4, 0.5) is 0 Å². The fourth-order valence-electron chi connectivity index (χ4n) is 3.73. The minimum Gasteiger partial charge on any atom is -0.371 e. The molecule has 2 saturated heterocycles. The maximum atomic E-state index is 6.08. The topological polar surface area (TPSA) is 30.9 Å². The Morgan fingerprint density at radius 1 is 0.880 bits per heavy atom. The van der Waals surface area contributed by atoms with Crippen LogP contribution >= 0.6 is 0 Å². The molecule has 132 valence electrons. The van der Waals surface area contributed by atoms with Gasteiger partial charge in [0.15, 0.2) is 0 Å². The van der Waals surface area contributed by atoms with Crippen molar-refractivity contribution in [3.8, 4) is 0 Å². The normalized spacial score (nSPS) is 28.4. The van der Waals surface area contributed by atoms with E-state index in [1.165, 1.54) is 11.1 Å². The highest BCUT2D eigenvalue weighted by atomic mass is 16.6. The molecule has 0 radical (unpaired) electrons. The summed E-state index contributed by atoms with van der Waals surface area (Å²) in [5.74, 6) is 0. The highest BCUT2D eigenvalue weighted by molar-refractivity contribution is 5.15. The van der Waals surface area contributed by atoms with Crippen LogP contribution in [0.3, 0.4) is 0 Å². The number of rotatable bonds is 6. The van der Waals surface area contributed by atoms with Crippen LogP contribution in [0.25, 0.3) is 0 Å². The number of nitrogens with zero attached hydrogens (tertiary/aromatic N) is 1. The highest BCUT2D eigenvalue weighted by Gasteiger charge is 2.49. The molecule has 2 heterocycles. The van der Waals surface area contributed by atoms with Crippen molar-refractivity contribution in [2.75, 3.05) is 20.3 Å². The minimum absolute atomic E-state index is 0.0142. The fourth-order valence-corrected chi connectivity index (χ4v) is 3.73. The van der Waals surface area contributed by atoms with Crippen LogP contribution in [0.15, 0.2) is 60.7 Å². The van der Waals surface area contributed by atoms with E-state index in [1.54, 1.807) is 0 Å². The standard InChI is InChI=1S/C21H25NO3/c1-22(12-16-8-4-2-5-9-16)18-14-24-21-19(15-25-20(18)21)23-13-17-10-6-3-7-11-17/h2-11,18-21H,12-15H2,1H3. The first-order chi connectivity index (χ1) is 12.3. The Morgan fingerprint density at radius 3 is 2.24 bits per heavy atom. The van der Waals surface area contributed by atoms with E-state index < -0.39 is 0 Å². The molecule has 2 fully saturated rings. The molecule has 4 nitrogen and oxygen atoms in total. The summed E-state index contributed by atoms with van der Waals surface area (Å²) in [4.78, 5) is 2.33. The van der Waals surface area contributed by atoms with Crippen LogP contribution in [-0.2, 0) is 27.4 Å². The molecule has 2 aromatic carbocycles. The second kappa shape index (κ2) is 7.67. The van der Waals surface area contributed by atoms with E-state index in [4.69, 9.17) is 14.2 Å². The van der Waals surface area contributed by atoms with Crippen LogP contribution in [-0.4, -0.2) is 49.5 Å². The van der Waals surface area contributed by atoms with Crippen molar-refractivity contribution >= 4 is 0 Å². The lowest BCUT2D eigenvalue weighted by Gasteiger charge is -2.27. The summed E-state index contributed by atoms with van der Waals surface area (Å²) >= 11 is 0. The van der Waals surface area contributed by atoms with Crippen LogP contribution in [0.2, 0.25) is 0 Å². The largest absolute Gasteiger partial charge is 0.371 e. The first-order valence-electron chi connectivity index (χ1n) is 8.94. The molecule has 2 aliphatic heterocycles. The van der Waals surface area contributed by atoms with Gasteiger partial charge in [-0.1, -0.05) is 60.7 Å². The van der Waals surface area contributed by atoms with Gasteiger partial charge in [0.1, 0.15) is 18.3 Å². The minimum atomic E-state index is 0.0142. The molecular weight excluding hydrogens is 314 g/mol. The summed E-state index contributed by atoms with van der Waals surface area (Å²) in [6, 6.07) is 21.1. The van der Waals surface area contributed by atoms with Crippen molar-refractivity contribution in [2.24, 2.45) is 0 Å². The first kappa shape index (κ1) is 16.7. The van der Waals surface area contributed by atoms with Gasteiger partial charge in [0.25, 0.3) is 0 Å². The Balaban J connectivity index is 1.33. The van der Waals surface area contributed by atoms with Gasteiger partial charge < -0.3 is 14.2 Å². The zero-order valence-corrected chi connectivity index (χ0v) is 14.6. The molecule has 4 atom stereocenters. The average molecular weight is 339 g/mol. The van der Waals surface area contributed by atoms with Crippen molar-refractivity contribution in [3.05, 3.63) is 71.8 Å². The Hall–Kier alpha value is -1.72. The molecular formula is C21H25NO3. The third kappa shape index (κ3) is 3.77. The third-order valence-electron chi connectivity index (χ3n) is 5.13. The lowest BCUT2D eigenvalue weighted by molar-refractivity contribution is -0.0412. The zero-order valence-electron chi connectivity index (χ0n) is 14.6. The maximum absolute atomic E-state index is 6.08. The second-order valence-corrected chi connectivity index (χ2v) is 6.90. The molecule has 4 rings (SSSR count). The highest BCUT2D eigenvalue weighted by Crippen LogP contribution is 2.32. The lowest BCUT2D eigenvalue weighted by Crippen LogP contribution is -2.42. The first-order valence-corrected chi connectivity index (χ1v) is 8.94. The molecule has 0 amide bonds. The zero-order chi connectivity index (χ0) is 17.1.